The summed E-state index contributed by atoms with van der Waals surface area (Å²) in [6.07, 6.45) is 1.12. The number of para-hydroxylation sites is 1. The molecule has 170 valence electrons. The van der Waals surface area contributed by atoms with Crippen LogP contribution in [-0.2, 0) is 16.0 Å². The van der Waals surface area contributed by atoms with E-state index < -0.39 is 11.6 Å². The molecule has 1 fully saturated rings. The van der Waals surface area contributed by atoms with Gasteiger partial charge in [-0.25, -0.2) is 4.79 Å². The van der Waals surface area contributed by atoms with Crippen molar-refractivity contribution in [2.45, 2.75) is 64.8 Å². The fourth-order valence-electron chi connectivity index (χ4n) is 4.12. The summed E-state index contributed by atoms with van der Waals surface area (Å²) in [6, 6.07) is 15.3. The lowest BCUT2D eigenvalue weighted by atomic mass is 9.92. The average Bonchev–Trinajstić information content (AvgIpc) is 2.96. The molecule has 0 spiro atoms. The van der Waals surface area contributed by atoms with Gasteiger partial charge in [-0.3, -0.25) is 14.5 Å². The molecule has 0 bridgehead atoms. The van der Waals surface area contributed by atoms with Gasteiger partial charge in [-0.15, -0.1) is 0 Å². The Morgan fingerprint density at radius 2 is 1.56 bits per heavy atom. The van der Waals surface area contributed by atoms with Gasteiger partial charge in [-0.1, -0.05) is 76.2 Å². The Balaban J connectivity index is 1.72. The van der Waals surface area contributed by atoms with Crippen molar-refractivity contribution in [1.29, 1.82) is 0 Å². The molecule has 0 aliphatic carbocycles. The van der Waals surface area contributed by atoms with Crippen LogP contribution in [-0.4, -0.2) is 34.8 Å². The molecule has 6 heteroatoms. The SMILES string of the molecule is CC(C)c1cccc(C(C)C)c1NC(=O)CN1C(=O)NC(C)(CCc2ccccc2)C1=O. The highest BCUT2D eigenvalue weighted by Gasteiger charge is 2.47. The van der Waals surface area contributed by atoms with Crippen LogP contribution in [0.25, 0.3) is 0 Å². The van der Waals surface area contributed by atoms with E-state index in [0.29, 0.717) is 12.8 Å². The van der Waals surface area contributed by atoms with Crippen molar-refractivity contribution < 1.29 is 14.4 Å². The lowest BCUT2D eigenvalue weighted by molar-refractivity contribution is -0.133. The van der Waals surface area contributed by atoms with Gasteiger partial charge in [0.15, 0.2) is 0 Å². The third-order valence-corrected chi connectivity index (χ3v) is 6.04. The molecule has 32 heavy (non-hydrogen) atoms. The van der Waals surface area contributed by atoms with E-state index in [2.05, 4.69) is 38.3 Å². The number of nitrogens with zero attached hydrogens (tertiary/aromatic N) is 1. The summed E-state index contributed by atoms with van der Waals surface area (Å²) in [5.74, 6) is -0.297. The van der Waals surface area contributed by atoms with Crippen LogP contribution in [0, 0.1) is 0 Å². The standard InChI is InChI=1S/C26H33N3O3/c1-17(2)20-12-9-13-21(18(3)4)23(20)27-22(30)16-29-24(31)26(5,28-25(29)32)15-14-19-10-7-6-8-11-19/h6-13,17-18H,14-16H2,1-5H3,(H,27,30)(H,28,32). The summed E-state index contributed by atoms with van der Waals surface area (Å²) < 4.78 is 0. The first kappa shape index (κ1) is 23.5. The van der Waals surface area contributed by atoms with E-state index >= 15 is 0 Å². The van der Waals surface area contributed by atoms with Crippen LogP contribution in [0.5, 0.6) is 0 Å². The van der Waals surface area contributed by atoms with Gasteiger partial charge in [-0.05, 0) is 48.3 Å². The first-order valence-corrected chi connectivity index (χ1v) is 11.2. The number of aryl methyl sites for hydroxylation is 1. The zero-order chi connectivity index (χ0) is 23.5. The van der Waals surface area contributed by atoms with Gasteiger partial charge in [0.2, 0.25) is 5.91 Å². The number of rotatable bonds is 8. The minimum Gasteiger partial charge on any atom is -0.324 e. The van der Waals surface area contributed by atoms with Gasteiger partial charge >= 0.3 is 6.03 Å². The Hall–Kier alpha value is -3.15. The predicted molar refractivity (Wildman–Crippen MR) is 127 cm³/mol. The van der Waals surface area contributed by atoms with Gasteiger partial charge in [-0.2, -0.15) is 0 Å². The number of carbonyl (C=O) groups excluding carboxylic acids is 3. The quantitative estimate of drug-likeness (QED) is 0.584. The van der Waals surface area contributed by atoms with E-state index in [1.165, 1.54) is 0 Å². The van der Waals surface area contributed by atoms with Crippen LogP contribution in [0.3, 0.4) is 0 Å². The summed E-state index contributed by atoms with van der Waals surface area (Å²) >= 11 is 0. The maximum Gasteiger partial charge on any atom is 0.325 e. The Kier molecular flexibility index (Phi) is 7.02. The molecule has 4 amide bonds. The van der Waals surface area contributed by atoms with Crippen molar-refractivity contribution in [2.24, 2.45) is 0 Å². The van der Waals surface area contributed by atoms with Crippen molar-refractivity contribution in [2.75, 3.05) is 11.9 Å². The van der Waals surface area contributed by atoms with Gasteiger partial charge in [0.05, 0.1) is 0 Å². The Morgan fingerprint density at radius 3 is 2.12 bits per heavy atom. The van der Waals surface area contributed by atoms with Crippen LogP contribution in [0.15, 0.2) is 48.5 Å². The molecule has 1 aliphatic rings. The molecule has 0 radical (unpaired) electrons. The molecule has 6 nitrogen and oxygen atoms in total. The molecule has 1 heterocycles. The Bertz CT molecular complexity index is 974. The predicted octanol–water partition coefficient (Wildman–Crippen LogP) is 4.82. The van der Waals surface area contributed by atoms with E-state index in [1.54, 1.807) is 6.92 Å². The monoisotopic (exact) mass is 435 g/mol. The van der Waals surface area contributed by atoms with Crippen molar-refractivity contribution in [3.63, 3.8) is 0 Å². The number of urea groups is 1. The minimum atomic E-state index is -1.02. The molecular formula is C26H33N3O3. The molecule has 1 unspecified atom stereocenters. The molecular weight excluding hydrogens is 402 g/mol. The number of amides is 4. The number of anilines is 1. The maximum atomic E-state index is 13.1. The lowest BCUT2D eigenvalue weighted by Gasteiger charge is -2.22. The molecule has 1 atom stereocenters. The van der Waals surface area contributed by atoms with Gasteiger partial charge < -0.3 is 10.6 Å². The summed E-state index contributed by atoms with van der Waals surface area (Å²) in [7, 11) is 0. The third-order valence-electron chi connectivity index (χ3n) is 6.04. The first-order chi connectivity index (χ1) is 15.1. The van der Waals surface area contributed by atoms with Crippen molar-refractivity contribution in [3.05, 3.63) is 65.2 Å². The molecule has 2 aromatic carbocycles. The van der Waals surface area contributed by atoms with E-state index in [4.69, 9.17) is 0 Å². The number of hydrogen-bond donors (Lipinski definition) is 2. The molecule has 2 aromatic rings. The molecule has 1 saturated heterocycles. The van der Waals surface area contributed by atoms with E-state index in [9.17, 15) is 14.4 Å². The van der Waals surface area contributed by atoms with Gasteiger partial charge in [0.25, 0.3) is 5.91 Å². The average molecular weight is 436 g/mol. The number of hydrogen-bond acceptors (Lipinski definition) is 3. The lowest BCUT2D eigenvalue weighted by Crippen LogP contribution is -2.45. The zero-order valence-corrected chi connectivity index (χ0v) is 19.6. The van der Waals surface area contributed by atoms with Crippen molar-refractivity contribution in [1.82, 2.24) is 10.2 Å². The zero-order valence-electron chi connectivity index (χ0n) is 19.6. The van der Waals surface area contributed by atoms with Crippen LogP contribution < -0.4 is 10.6 Å². The summed E-state index contributed by atoms with van der Waals surface area (Å²) in [6.45, 7) is 9.71. The summed E-state index contributed by atoms with van der Waals surface area (Å²) in [4.78, 5) is 39.6. The van der Waals surface area contributed by atoms with Gasteiger partial charge in [0.1, 0.15) is 12.1 Å². The number of nitrogens with one attached hydrogen (secondary N) is 2. The summed E-state index contributed by atoms with van der Waals surface area (Å²) in [5, 5.41) is 5.77. The van der Waals surface area contributed by atoms with E-state index in [-0.39, 0.29) is 30.2 Å². The number of imide groups is 1. The Labute approximate surface area is 190 Å². The maximum absolute atomic E-state index is 13.1. The molecule has 3 rings (SSSR count). The highest BCUT2D eigenvalue weighted by molar-refractivity contribution is 6.10. The second-order valence-corrected chi connectivity index (χ2v) is 9.31. The van der Waals surface area contributed by atoms with Crippen molar-refractivity contribution in [3.8, 4) is 0 Å². The topological polar surface area (TPSA) is 78.5 Å². The number of benzene rings is 2. The largest absolute Gasteiger partial charge is 0.325 e. The fraction of sp³-hybridized carbons (Fsp3) is 0.423. The first-order valence-electron chi connectivity index (χ1n) is 11.2. The fourth-order valence-corrected chi connectivity index (χ4v) is 4.12. The van der Waals surface area contributed by atoms with Crippen LogP contribution >= 0.6 is 0 Å². The smallest absolute Gasteiger partial charge is 0.324 e. The molecule has 2 N–H and O–H groups in total. The van der Waals surface area contributed by atoms with E-state index in [1.807, 2.05) is 48.5 Å². The van der Waals surface area contributed by atoms with Crippen LogP contribution in [0.4, 0.5) is 10.5 Å². The minimum absolute atomic E-state index is 0.224. The third kappa shape index (κ3) is 5.01. The summed E-state index contributed by atoms with van der Waals surface area (Å²) in [5.41, 5.74) is 2.93. The Morgan fingerprint density at radius 1 is 0.969 bits per heavy atom. The van der Waals surface area contributed by atoms with Crippen LogP contribution in [0.1, 0.15) is 69.6 Å². The van der Waals surface area contributed by atoms with E-state index in [0.717, 1.165) is 27.3 Å². The highest BCUT2D eigenvalue weighted by Crippen LogP contribution is 2.32. The van der Waals surface area contributed by atoms with Crippen molar-refractivity contribution >= 4 is 23.5 Å². The second kappa shape index (κ2) is 9.55. The molecule has 0 saturated carbocycles. The number of carbonyl (C=O) groups is 3. The van der Waals surface area contributed by atoms with Gasteiger partial charge in [0, 0.05) is 5.69 Å². The molecule has 1 aliphatic heterocycles. The highest BCUT2D eigenvalue weighted by atomic mass is 16.2. The van der Waals surface area contributed by atoms with Crippen LogP contribution in [0.2, 0.25) is 0 Å². The molecule has 0 aromatic heterocycles. The second-order valence-electron chi connectivity index (χ2n) is 9.31. The normalized spacial score (nSPS) is 18.4.